The summed E-state index contributed by atoms with van der Waals surface area (Å²) in [5.41, 5.74) is 2.32. The minimum absolute atomic E-state index is 0.111. The fourth-order valence-corrected chi connectivity index (χ4v) is 3.49. The minimum atomic E-state index is -0.280. The van der Waals surface area contributed by atoms with Crippen LogP contribution in [0, 0.1) is 6.92 Å². The Labute approximate surface area is 149 Å². The zero-order chi connectivity index (χ0) is 17.8. The van der Waals surface area contributed by atoms with E-state index in [9.17, 15) is 9.59 Å². The van der Waals surface area contributed by atoms with Crippen molar-refractivity contribution in [1.29, 1.82) is 0 Å². The first-order valence-electron chi connectivity index (χ1n) is 7.89. The van der Waals surface area contributed by atoms with Gasteiger partial charge in [-0.15, -0.1) is 0 Å². The van der Waals surface area contributed by atoms with Crippen LogP contribution in [0.4, 0.5) is 0 Å². The molecule has 0 amide bonds. The first-order valence-corrected chi connectivity index (χ1v) is 8.88. The number of esters is 1. The van der Waals surface area contributed by atoms with Crippen molar-refractivity contribution in [3.8, 4) is 5.69 Å². The summed E-state index contributed by atoms with van der Waals surface area (Å²) >= 11 is 1.37. The molecule has 0 N–H and O–H groups in total. The van der Waals surface area contributed by atoms with Crippen molar-refractivity contribution in [3.05, 3.63) is 64.4 Å². The van der Waals surface area contributed by atoms with E-state index in [1.54, 1.807) is 10.6 Å². The number of fused-ring (bicyclic) bond motifs is 1. The highest BCUT2D eigenvalue weighted by molar-refractivity contribution is 7.99. The van der Waals surface area contributed by atoms with Crippen LogP contribution in [0.25, 0.3) is 16.6 Å². The Morgan fingerprint density at radius 3 is 2.64 bits per heavy atom. The standard InChI is InChI=1S/C19H18N2O3S/c1-13-7-3-6-10-16(13)21-18(23)14-8-4-5-9-15(14)20-19(21)25-12-11-17(22)24-2/h3-10H,11-12H2,1-2H3. The normalized spacial score (nSPS) is 10.8. The second-order valence-corrected chi connectivity index (χ2v) is 6.58. The Kier molecular flexibility index (Phi) is 5.19. The maximum atomic E-state index is 13.1. The van der Waals surface area contributed by atoms with Crippen LogP contribution in [0.5, 0.6) is 0 Å². The van der Waals surface area contributed by atoms with Crippen molar-refractivity contribution < 1.29 is 9.53 Å². The van der Waals surface area contributed by atoms with E-state index < -0.39 is 0 Å². The molecule has 3 rings (SSSR count). The Bertz CT molecular complexity index is 982. The third-order valence-corrected chi connectivity index (χ3v) is 4.81. The molecular formula is C19H18N2O3S. The highest BCUT2D eigenvalue weighted by Crippen LogP contribution is 2.23. The molecule has 0 saturated carbocycles. The summed E-state index contributed by atoms with van der Waals surface area (Å²) in [6.07, 6.45) is 0.262. The fraction of sp³-hybridized carbons (Fsp3) is 0.211. The number of ether oxygens (including phenoxy) is 1. The number of methoxy groups -OCH3 is 1. The molecule has 1 aromatic heterocycles. The van der Waals surface area contributed by atoms with Gasteiger partial charge in [0, 0.05) is 5.75 Å². The Hall–Kier alpha value is -2.60. The van der Waals surface area contributed by atoms with Gasteiger partial charge >= 0.3 is 5.97 Å². The van der Waals surface area contributed by atoms with Gasteiger partial charge in [-0.25, -0.2) is 4.98 Å². The second-order valence-electron chi connectivity index (χ2n) is 5.51. The summed E-state index contributed by atoms with van der Waals surface area (Å²) in [6, 6.07) is 15.0. The molecule has 25 heavy (non-hydrogen) atoms. The lowest BCUT2D eigenvalue weighted by Crippen LogP contribution is -2.22. The average molecular weight is 354 g/mol. The first-order chi connectivity index (χ1) is 12.1. The van der Waals surface area contributed by atoms with Crippen LogP contribution in [0.1, 0.15) is 12.0 Å². The SMILES string of the molecule is COC(=O)CCSc1nc2ccccc2c(=O)n1-c1ccccc1C. The summed E-state index contributed by atoms with van der Waals surface area (Å²) in [7, 11) is 1.37. The summed E-state index contributed by atoms with van der Waals surface area (Å²) in [4.78, 5) is 29.1. The van der Waals surface area contributed by atoms with Crippen molar-refractivity contribution >= 4 is 28.6 Å². The molecule has 128 valence electrons. The molecule has 1 heterocycles. The van der Waals surface area contributed by atoms with E-state index in [-0.39, 0.29) is 17.9 Å². The summed E-state index contributed by atoms with van der Waals surface area (Å²) in [6.45, 7) is 1.96. The summed E-state index contributed by atoms with van der Waals surface area (Å²) in [5, 5.41) is 1.14. The van der Waals surface area contributed by atoms with Crippen LogP contribution >= 0.6 is 11.8 Å². The lowest BCUT2D eigenvalue weighted by Gasteiger charge is -2.14. The van der Waals surface area contributed by atoms with Gasteiger partial charge in [-0.2, -0.15) is 0 Å². The highest BCUT2D eigenvalue weighted by atomic mass is 32.2. The molecule has 0 aliphatic rings. The van der Waals surface area contributed by atoms with Crippen molar-refractivity contribution in [2.45, 2.75) is 18.5 Å². The molecule has 0 atom stereocenters. The molecule has 5 nitrogen and oxygen atoms in total. The first kappa shape index (κ1) is 17.2. The number of para-hydroxylation sites is 2. The number of carbonyl (C=O) groups is 1. The van der Waals surface area contributed by atoms with Crippen LogP contribution < -0.4 is 5.56 Å². The van der Waals surface area contributed by atoms with E-state index in [1.165, 1.54) is 18.9 Å². The lowest BCUT2D eigenvalue weighted by molar-refractivity contribution is -0.140. The molecule has 6 heteroatoms. The van der Waals surface area contributed by atoms with E-state index >= 15 is 0 Å². The number of nitrogens with zero attached hydrogens (tertiary/aromatic N) is 2. The number of thioether (sulfide) groups is 1. The van der Waals surface area contributed by atoms with E-state index in [2.05, 4.69) is 9.72 Å². The lowest BCUT2D eigenvalue weighted by atomic mass is 10.2. The molecule has 0 bridgehead atoms. The molecule has 0 unspecified atom stereocenters. The number of aryl methyl sites for hydroxylation is 1. The number of hydrogen-bond acceptors (Lipinski definition) is 5. The quantitative estimate of drug-likeness (QED) is 0.399. The van der Waals surface area contributed by atoms with Gasteiger partial charge in [0.25, 0.3) is 5.56 Å². The van der Waals surface area contributed by atoms with Crippen molar-refractivity contribution in [1.82, 2.24) is 9.55 Å². The third kappa shape index (κ3) is 3.58. The van der Waals surface area contributed by atoms with E-state index in [1.807, 2.05) is 49.4 Å². The van der Waals surface area contributed by atoms with Gasteiger partial charge in [-0.1, -0.05) is 42.1 Å². The van der Waals surface area contributed by atoms with E-state index in [4.69, 9.17) is 0 Å². The van der Waals surface area contributed by atoms with Crippen LogP contribution in [0.15, 0.2) is 58.5 Å². The zero-order valence-corrected chi connectivity index (χ0v) is 14.9. The summed E-state index contributed by atoms with van der Waals surface area (Å²) in [5.74, 6) is 0.210. The van der Waals surface area contributed by atoms with Gasteiger partial charge in [0.15, 0.2) is 5.16 Å². The van der Waals surface area contributed by atoms with Crippen LogP contribution in [-0.2, 0) is 9.53 Å². The smallest absolute Gasteiger partial charge is 0.306 e. The molecule has 2 aromatic carbocycles. The molecule has 0 radical (unpaired) electrons. The number of carbonyl (C=O) groups excluding carboxylic acids is 1. The molecule has 0 aliphatic heterocycles. The van der Waals surface area contributed by atoms with Gasteiger partial charge < -0.3 is 4.74 Å². The van der Waals surface area contributed by atoms with Crippen molar-refractivity contribution in [3.63, 3.8) is 0 Å². The van der Waals surface area contributed by atoms with E-state index in [0.717, 1.165) is 11.3 Å². The summed E-state index contributed by atoms with van der Waals surface area (Å²) < 4.78 is 6.30. The van der Waals surface area contributed by atoms with E-state index in [0.29, 0.717) is 21.8 Å². The van der Waals surface area contributed by atoms with Crippen molar-refractivity contribution in [2.75, 3.05) is 12.9 Å². The Balaban J connectivity index is 2.13. The van der Waals surface area contributed by atoms with Gasteiger partial charge in [0.2, 0.25) is 0 Å². The monoisotopic (exact) mass is 354 g/mol. The topological polar surface area (TPSA) is 61.2 Å². The number of aromatic nitrogens is 2. The van der Waals surface area contributed by atoms with Gasteiger partial charge in [-0.3, -0.25) is 14.2 Å². The largest absolute Gasteiger partial charge is 0.469 e. The predicted octanol–water partition coefficient (Wildman–Crippen LogP) is 3.35. The predicted molar refractivity (Wildman–Crippen MR) is 99.4 cm³/mol. The van der Waals surface area contributed by atoms with Gasteiger partial charge in [0.1, 0.15) is 0 Å². The van der Waals surface area contributed by atoms with Gasteiger partial charge in [0.05, 0.1) is 30.1 Å². The average Bonchev–Trinajstić information content (AvgIpc) is 2.63. The minimum Gasteiger partial charge on any atom is -0.469 e. The maximum absolute atomic E-state index is 13.1. The molecule has 0 saturated heterocycles. The maximum Gasteiger partial charge on any atom is 0.306 e. The molecule has 0 fully saturated rings. The second kappa shape index (κ2) is 7.53. The van der Waals surface area contributed by atoms with Crippen molar-refractivity contribution in [2.24, 2.45) is 0 Å². The number of rotatable bonds is 5. The number of benzene rings is 2. The Morgan fingerprint density at radius 1 is 1.16 bits per heavy atom. The molecule has 3 aromatic rings. The third-order valence-electron chi connectivity index (χ3n) is 3.87. The van der Waals surface area contributed by atoms with Crippen LogP contribution in [-0.4, -0.2) is 28.4 Å². The molecule has 0 spiro atoms. The van der Waals surface area contributed by atoms with Crippen LogP contribution in [0.2, 0.25) is 0 Å². The Morgan fingerprint density at radius 2 is 1.88 bits per heavy atom. The van der Waals surface area contributed by atoms with Gasteiger partial charge in [-0.05, 0) is 30.7 Å². The molecule has 0 aliphatic carbocycles. The zero-order valence-electron chi connectivity index (χ0n) is 14.1. The number of hydrogen-bond donors (Lipinski definition) is 0. The highest BCUT2D eigenvalue weighted by Gasteiger charge is 2.15. The van der Waals surface area contributed by atoms with Crippen LogP contribution in [0.3, 0.4) is 0 Å². The fourth-order valence-electron chi connectivity index (χ4n) is 2.56. The molecular weight excluding hydrogens is 336 g/mol.